The normalized spacial score (nSPS) is 12.3. The maximum atomic E-state index is 11.5. The first-order valence-electron chi connectivity index (χ1n) is 5.55. The Labute approximate surface area is 97.4 Å². The predicted octanol–water partition coefficient (Wildman–Crippen LogP) is 2.18. The molecule has 0 rings (SSSR count). The average Bonchev–Trinajstić information content (AvgIpc) is 1.94. The van der Waals surface area contributed by atoms with E-state index in [1.54, 1.807) is 0 Å². The van der Waals surface area contributed by atoms with Crippen molar-refractivity contribution in [2.24, 2.45) is 5.41 Å². The van der Waals surface area contributed by atoms with Crippen LogP contribution < -0.4 is 5.32 Å². The van der Waals surface area contributed by atoms with E-state index < -0.39 is 5.97 Å². The minimum absolute atomic E-state index is 0.0445. The molecule has 16 heavy (non-hydrogen) atoms. The number of hydrogen-bond acceptors (Lipinski definition) is 2. The topological polar surface area (TPSA) is 66.4 Å². The Hall–Kier alpha value is -1.06. The molecular weight excluding hydrogens is 206 g/mol. The van der Waals surface area contributed by atoms with Gasteiger partial charge in [0.05, 0.1) is 6.42 Å². The van der Waals surface area contributed by atoms with Crippen molar-refractivity contribution in [2.45, 2.75) is 59.4 Å². The second-order valence-corrected chi connectivity index (χ2v) is 6.06. The van der Waals surface area contributed by atoms with Crippen LogP contribution in [0.2, 0.25) is 0 Å². The molecule has 0 unspecified atom stereocenters. The fraction of sp³-hybridized carbons (Fsp3) is 0.833. The lowest BCUT2D eigenvalue weighted by molar-refractivity contribution is -0.139. The zero-order chi connectivity index (χ0) is 13.0. The predicted molar refractivity (Wildman–Crippen MR) is 63.2 cm³/mol. The second-order valence-electron chi connectivity index (χ2n) is 6.06. The molecule has 0 aromatic heterocycles. The van der Waals surface area contributed by atoms with Gasteiger partial charge in [-0.3, -0.25) is 9.59 Å². The quantitative estimate of drug-likeness (QED) is 0.759. The van der Waals surface area contributed by atoms with Crippen molar-refractivity contribution in [1.29, 1.82) is 0 Å². The molecular formula is C12H23NO3. The molecule has 0 heterocycles. The van der Waals surface area contributed by atoms with Crippen LogP contribution in [0, 0.1) is 5.41 Å². The van der Waals surface area contributed by atoms with Crippen LogP contribution in [0.5, 0.6) is 0 Å². The summed E-state index contributed by atoms with van der Waals surface area (Å²) >= 11 is 0. The smallest absolute Gasteiger partial charge is 0.303 e. The van der Waals surface area contributed by atoms with E-state index in [-0.39, 0.29) is 29.7 Å². The van der Waals surface area contributed by atoms with E-state index in [1.165, 1.54) is 0 Å². The highest BCUT2D eigenvalue weighted by Gasteiger charge is 2.26. The maximum Gasteiger partial charge on any atom is 0.303 e. The molecule has 0 saturated heterocycles. The standard InChI is InChI=1S/C12H23NO3/c1-11(2,3)8-12(4,5)13-9(14)6-7-10(15)16/h6-8H2,1-5H3,(H,13,14)(H,15,16). The fourth-order valence-corrected chi connectivity index (χ4v) is 2.03. The molecule has 0 aliphatic carbocycles. The third-order valence-corrected chi connectivity index (χ3v) is 2.02. The van der Waals surface area contributed by atoms with Gasteiger partial charge in [-0.2, -0.15) is 0 Å². The lowest BCUT2D eigenvalue weighted by atomic mass is 9.82. The molecule has 0 spiro atoms. The number of aliphatic carboxylic acids is 1. The number of carbonyl (C=O) groups excluding carboxylic acids is 1. The Kier molecular flexibility index (Phi) is 4.97. The molecule has 4 nitrogen and oxygen atoms in total. The van der Waals surface area contributed by atoms with Gasteiger partial charge in [-0.25, -0.2) is 0 Å². The van der Waals surface area contributed by atoms with Gasteiger partial charge in [-0.05, 0) is 25.7 Å². The van der Waals surface area contributed by atoms with Crippen molar-refractivity contribution in [1.82, 2.24) is 5.32 Å². The highest BCUT2D eigenvalue weighted by atomic mass is 16.4. The van der Waals surface area contributed by atoms with Crippen LogP contribution in [-0.4, -0.2) is 22.5 Å². The van der Waals surface area contributed by atoms with Gasteiger partial charge >= 0.3 is 5.97 Å². The number of amides is 1. The highest BCUT2D eigenvalue weighted by Crippen LogP contribution is 2.26. The van der Waals surface area contributed by atoms with Gasteiger partial charge in [0.15, 0.2) is 0 Å². The molecule has 0 bridgehead atoms. The van der Waals surface area contributed by atoms with Crippen molar-refractivity contribution in [3.8, 4) is 0 Å². The molecule has 0 aromatic rings. The van der Waals surface area contributed by atoms with Crippen LogP contribution in [0.4, 0.5) is 0 Å². The first-order chi connectivity index (χ1) is 7.02. The van der Waals surface area contributed by atoms with E-state index in [4.69, 9.17) is 5.11 Å². The summed E-state index contributed by atoms with van der Waals surface area (Å²) in [6, 6.07) is 0. The molecule has 4 heteroatoms. The van der Waals surface area contributed by atoms with Crippen LogP contribution in [0.25, 0.3) is 0 Å². The van der Waals surface area contributed by atoms with Gasteiger partial charge in [-0.15, -0.1) is 0 Å². The minimum Gasteiger partial charge on any atom is -0.481 e. The zero-order valence-electron chi connectivity index (χ0n) is 10.9. The van der Waals surface area contributed by atoms with E-state index in [0.29, 0.717) is 0 Å². The zero-order valence-corrected chi connectivity index (χ0v) is 10.9. The van der Waals surface area contributed by atoms with Gasteiger partial charge in [0, 0.05) is 12.0 Å². The summed E-state index contributed by atoms with van der Waals surface area (Å²) in [5.41, 5.74) is -0.169. The minimum atomic E-state index is -0.941. The molecule has 2 N–H and O–H groups in total. The van der Waals surface area contributed by atoms with Crippen molar-refractivity contribution in [3.05, 3.63) is 0 Å². The SMILES string of the molecule is CC(C)(C)CC(C)(C)NC(=O)CCC(=O)O. The molecule has 0 fully saturated rings. The van der Waals surface area contributed by atoms with Crippen molar-refractivity contribution in [3.63, 3.8) is 0 Å². The second kappa shape index (κ2) is 5.32. The number of hydrogen-bond donors (Lipinski definition) is 2. The Morgan fingerprint density at radius 1 is 1.06 bits per heavy atom. The summed E-state index contributed by atoms with van der Waals surface area (Å²) in [5, 5.41) is 11.3. The maximum absolute atomic E-state index is 11.5. The third kappa shape index (κ3) is 8.26. The number of carbonyl (C=O) groups is 2. The fourth-order valence-electron chi connectivity index (χ4n) is 2.03. The molecule has 94 valence electrons. The number of nitrogens with one attached hydrogen (secondary N) is 1. The van der Waals surface area contributed by atoms with Crippen LogP contribution in [0.15, 0.2) is 0 Å². The van der Waals surface area contributed by atoms with E-state index >= 15 is 0 Å². The van der Waals surface area contributed by atoms with Crippen LogP contribution in [-0.2, 0) is 9.59 Å². The Bertz CT molecular complexity index is 264. The highest BCUT2D eigenvalue weighted by molar-refractivity contribution is 5.81. The van der Waals surface area contributed by atoms with E-state index in [2.05, 4.69) is 26.1 Å². The van der Waals surface area contributed by atoms with Crippen LogP contribution in [0.3, 0.4) is 0 Å². The number of carboxylic acids is 1. The van der Waals surface area contributed by atoms with Gasteiger partial charge < -0.3 is 10.4 Å². The average molecular weight is 229 g/mol. The van der Waals surface area contributed by atoms with Crippen molar-refractivity contribution in [2.75, 3.05) is 0 Å². The van der Waals surface area contributed by atoms with Gasteiger partial charge in [0.1, 0.15) is 0 Å². The largest absolute Gasteiger partial charge is 0.481 e. The van der Waals surface area contributed by atoms with E-state index in [0.717, 1.165) is 6.42 Å². The Balaban J connectivity index is 4.15. The summed E-state index contributed by atoms with van der Waals surface area (Å²) in [4.78, 5) is 21.8. The van der Waals surface area contributed by atoms with E-state index in [9.17, 15) is 9.59 Å². The molecule has 0 atom stereocenters. The van der Waals surface area contributed by atoms with Gasteiger partial charge in [0.2, 0.25) is 5.91 Å². The molecule has 0 aliphatic rings. The third-order valence-electron chi connectivity index (χ3n) is 2.02. The summed E-state index contributed by atoms with van der Waals surface area (Å²) in [7, 11) is 0. The Morgan fingerprint density at radius 2 is 1.56 bits per heavy atom. The molecule has 0 saturated carbocycles. The van der Waals surface area contributed by atoms with Crippen LogP contribution >= 0.6 is 0 Å². The summed E-state index contributed by atoms with van der Waals surface area (Å²) < 4.78 is 0. The first kappa shape index (κ1) is 14.9. The van der Waals surface area contributed by atoms with E-state index in [1.807, 2.05) is 13.8 Å². The summed E-state index contributed by atoms with van der Waals surface area (Å²) in [5.74, 6) is -1.14. The summed E-state index contributed by atoms with van der Waals surface area (Å²) in [6.45, 7) is 10.2. The number of carboxylic acid groups (broad SMARTS) is 1. The lowest BCUT2D eigenvalue weighted by Crippen LogP contribution is -2.45. The van der Waals surface area contributed by atoms with Gasteiger partial charge in [-0.1, -0.05) is 20.8 Å². The monoisotopic (exact) mass is 229 g/mol. The summed E-state index contributed by atoms with van der Waals surface area (Å²) in [6.07, 6.45) is 0.777. The number of rotatable bonds is 5. The molecule has 1 amide bonds. The Morgan fingerprint density at radius 3 is 1.94 bits per heavy atom. The van der Waals surface area contributed by atoms with Crippen molar-refractivity contribution >= 4 is 11.9 Å². The first-order valence-corrected chi connectivity index (χ1v) is 5.55. The van der Waals surface area contributed by atoms with Gasteiger partial charge in [0.25, 0.3) is 0 Å². The van der Waals surface area contributed by atoms with Crippen molar-refractivity contribution < 1.29 is 14.7 Å². The molecule has 0 aromatic carbocycles. The molecule has 0 aliphatic heterocycles. The lowest BCUT2D eigenvalue weighted by Gasteiger charge is -2.33. The molecule has 0 radical (unpaired) electrons. The van der Waals surface area contributed by atoms with Crippen LogP contribution in [0.1, 0.15) is 53.9 Å².